The zero-order chi connectivity index (χ0) is 25.7. The molecule has 0 aliphatic heterocycles. The summed E-state index contributed by atoms with van der Waals surface area (Å²) in [5, 5.41) is 3.70. The SMILES string of the molecule is Br.Br.CN(C)C(=O)Oc1cccc2c(CCCCc3nccc4c(OC(=O)N(C)C)cccc34)nccc12. The lowest BCUT2D eigenvalue weighted by Crippen LogP contribution is -2.25. The summed E-state index contributed by atoms with van der Waals surface area (Å²) in [6, 6.07) is 15.1. The molecule has 0 fully saturated rings. The van der Waals surface area contributed by atoms with E-state index in [-0.39, 0.29) is 34.0 Å². The summed E-state index contributed by atoms with van der Waals surface area (Å²) < 4.78 is 11.1. The molecule has 0 atom stereocenters. The fourth-order valence-electron chi connectivity index (χ4n) is 4.01. The Morgan fingerprint density at radius 2 is 1.03 bits per heavy atom. The second-order valence-electron chi connectivity index (χ2n) is 8.95. The van der Waals surface area contributed by atoms with Crippen molar-refractivity contribution in [2.75, 3.05) is 28.2 Å². The number of aryl methyl sites for hydroxylation is 2. The second kappa shape index (κ2) is 14.1. The van der Waals surface area contributed by atoms with E-state index >= 15 is 0 Å². The molecule has 2 aromatic carbocycles. The number of ether oxygens (including phenoxy) is 2. The third kappa shape index (κ3) is 7.20. The van der Waals surface area contributed by atoms with Crippen LogP contribution in [0.1, 0.15) is 24.2 Å². The molecule has 0 aliphatic rings. The van der Waals surface area contributed by atoms with Crippen molar-refractivity contribution in [1.82, 2.24) is 19.8 Å². The average molecular weight is 648 g/mol. The quantitative estimate of drug-likeness (QED) is 0.210. The van der Waals surface area contributed by atoms with E-state index in [1.54, 1.807) is 52.7 Å². The average Bonchev–Trinajstić information content (AvgIpc) is 2.87. The Morgan fingerprint density at radius 3 is 1.39 bits per heavy atom. The van der Waals surface area contributed by atoms with E-state index in [1.165, 1.54) is 9.80 Å². The van der Waals surface area contributed by atoms with Gasteiger partial charge in [0, 0.05) is 73.5 Å². The van der Waals surface area contributed by atoms with E-state index in [1.807, 2.05) is 36.4 Å². The van der Waals surface area contributed by atoms with Crippen LogP contribution in [0, 0.1) is 0 Å². The lowest BCUT2D eigenvalue weighted by atomic mass is 10.0. The van der Waals surface area contributed by atoms with Gasteiger partial charge in [-0.25, -0.2) is 9.59 Å². The maximum Gasteiger partial charge on any atom is 0.414 e. The minimum Gasteiger partial charge on any atom is -0.410 e. The molecule has 38 heavy (non-hydrogen) atoms. The molecular formula is C28H32Br2N4O4. The zero-order valence-electron chi connectivity index (χ0n) is 21.8. The standard InChI is InChI=1S/C28H30N4O4.2BrH/c1-31(2)27(33)35-25-13-7-9-19-21(25)15-17-29-23(19)11-5-6-12-24-20-10-8-14-26(22(20)16-18-30-24)36-28(34)32(3)4;;/h7-10,13-18H,5-6,11-12H2,1-4H3;2*1H. The van der Waals surface area contributed by atoms with Crippen LogP contribution in [-0.2, 0) is 12.8 Å². The molecule has 202 valence electrons. The van der Waals surface area contributed by atoms with Crippen LogP contribution in [0.25, 0.3) is 21.5 Å². The van der Waals surface area contributed by atoms with Crippen LogP contribution in [0.15, 0.2) is 60.9 Å². The van der Waals surface area contributed by atoms with Crippen molar-refractivity contribution in [2.45, 2.75) is 25.7 Å². The summed E-state index contributed by atoms with van der Waals surface area (Å²) in [4.78, 5) is 36.1. The van der Waals surface area contributed by atoms with Gasteiger partial charge in [0.05, 0.1) is 0 Å². The van der Waals surface area contributed by atoms with Gasteiger partial charge in [-0.05, 0) is 49.9 Å². The zero-order valence-corrected chi connectivity index (χ0v) is 25.3. The predicted octanol–water partition coefficient (Wildman–Crippen LogP) is 6.63. The summed E-state index contributed by atoms with van der Waals surface area (Å²) in [6.45, 7) is 0. The van der Waals surface area contributed by atoms with Gasteiger partial charge in [0.2, 0.25) is 0 Å². The van der Waals surface area contributed by atoms with Crippen molar-refractivity contribution in [2.24, 2.45) is 0 Å². The van der Waals surface area contributed by atoms with Gasteiger partial charge in [-0.1, -0.05) is 24.3 Å². The highest BCUT2D eigenvalue weighted by Gasteiger charge is 2.14. The summed E-state index contributed by atoms with van der Waals surface area (Å²) in [6.07, 6.45) is 6.10. The molecule has 0 bridgehead atoms. The number of hydrogen-bond acceptors (Lipinski definition) is 6. The van der Waals surface area contributed by atoms with Crippen LogP contribution in [0.4, 0.5) is 9.59 Å². The van der Waals surface area contributed by atoms with Crippen molar-refractivity contribution in [3.8, 4) is 11.5 Å². The molecule has 0 aliphatic carbocycles. The maximum atomic E-state index is 12.0. The van der Waals surface area contributed by atoms with Gasteiger partial charge < -0.3 is 19.3 Å². The molecule has 8 nitrogen and oxygen atoms in total. The van der Waals surface area contributed by atoms with Gasteiger partial charge >= 0.3 is 12.2 Å². The molecule has 2 amide bonds. The molecule has 4 rings (SSSR count). The molecule has 0 saturated heterocycles. The monoisotopic (exact) mass is 646 g/mol. The highest BCUT2D eigenvalue weighted by atomic mass is 79.9. The first kappa shape index (κ1) is 31.0. The first-order valence-corrected chi connectivity index (χ1v) is 11.9. The van der Waals surface area contributed by atoms with Crippen molar-refractivity contribution in [3.05, 3.63) is 72.3 Å². The Hall–Kier alpha value is -3.24. The van der Waals surface area contributed by atoms with E-state index in [0.717, 1.165) is 58.6 Å². The van der Waals surface area contributed by atoms with Gasteiger partial charge in [0.1, 0.15) is 11.5 Å². The van der Waals surface area contributed by atoms with Crippen molar-refractivity contribution in [3.63, 3.8) is 0 Å². The number of aromatic nitrogens is 2. The number of carbonyl (C=O) groups excluding carboxylic acids is 2. The molecule has 0 radical (unpaired) electrons. The van der Waals surface area contributed by atoms with Gasteiger partial charge in [-0.2, -0.15) is 0 Å². The fourth-order valence-corrected chi connectivity index (χ4v) is 4.01. The fraction of sp³-hybridized carbons (Fsp3) is 0.286. The number of hydrogen-bond donors (Lipinski definition) is 0. The molecule has 10 heteroatoms. The van der Waals surface area contributed by atoms with Crippen molar-refractivity contribution in [1.29, 1.82) is 0 Å². The Kier molecular flexibility index (Phi) is 11.5. The number of amides is 2. The lowest BCUT2D eigenvalue weighted by Gasteiger charge is -2.14. The molecule has 0 unspecified atom stereocenters. The van der Waals surface area contributed by atoms with Crippen LogP contribution >= 0.6 is 34.0 Å². The lowest BCUT2D eigenvalue weighted by molar-refractivity contribution is 0.171. The van der Waals surface area contributed by atoms with Gasteiger partial charge in [0.15, 0.2) is 0 Å². The first-order chi connectivity index (χ1) is 17.3. The number of halogens is 2. The summed E-state index contributed by atoms with van der Waals surface area (Å²) >= 11 is 0. The largest absolute Gasteiger partial charge is 0.414 e. The highest BCUT2D eigenvalue weighted by molar-refractivity contribution is 8.93. The molecule has 2 aromatic heterocycles. The van der Waals surface area contributed by atoms with Crippen LogP contribution < -0.4 is 9.47 Å². The van der Waals surface area contributed by atoms with E-state index in [2.05, 4.69) is 9.97 Å². The highest BCUT2D eigenvalue weighted by Crippen LogP contribution is 2.30. The minimum absolute atomic E-state index is 0. The Labute approximate surface area is 243 Å². The molecule has 4 aromatic rings. The van der Waals surface area contributed by atoms with Crippen molar-refractivity contribution < 1.29 is 19.1 Å². The number of benzene rings is 2. The first-order valence-electron chi connectivity index (χ1n) is 11.9. The van der Waals surface area contributed by atoms with Crippen LogP contribution in [0.2, 0.25) is 0 Å². The second-order valence-corrected chi connectivity index (χ2v) is 8.95. The smallest absolute Gasteiger partial charge is 0.410 e. The molecular weight excluding hydrogens is 616 g/mol. The Morgan fingerprint density at radius 1 is 0.632 bits per heavy atom. The summed E-state index contributed by atoms with van der Waals surface area (Å²) in [5.41, 5.74) is 1.94. The van der Waals surface area contributed by atoms with E-state index in [0.29, 0.717) is 11.5 Å². The Balaban J connectivity index is 0.00000253. The number of fused-ring (bicyclic) bond motifs is 2. The Bertz CT molecular complexity index is 1310. The van der Waals surface area contributed by atoms with Gasteiger partial charge in [-0.3, -0.25) is 9.97 Å². The molecule has 0 N–H and O–H groups in total. The van der Waals surface area contributed by atoms with E-state index < -0.39 is 12.2 Å². The number of carbonyl (C=O) groups is 2. The molecule has 0 saturated carbocycles. The number of pyridine rings is 2. The van der Waals surface area contributed by atoms with E-state index in [4.69, 9.17) is 9.47 Å². The number of nitrogens with zero attached hydrogens (tertiary/aromatic N) is 4. The minimum atomic E-state index is -0.414. The third-order valence-electron chi connectivity index (χ3n) is 5.90. The van der Waals surface area contributed by atoms with Crippen LogP contribution in [0.5, 0.6) is 11.5 Å². The maximum absolute atomic E-state index is 12.0. The van der Waals surface area contributed by atoms with Gasteiger partial charge in [0.25, 0.3) is 0 Å². The normalized spacial score (nSPS) is 10.3. The number of rotatable bonds is 7. The third-order valence-corrected chi connectivity index (χ3v) is 5.90. The van der Waals surface area contributed by atoms with Crippen molar-refractivity contribution >= 4 is 67.7 Å². The number of unbranched alkanes of at least 4 members (excludes halogenated alkanes) is 1. The predicted molar refractivity (Wildman–Crippen MR) is 160 cm³/mol. The van der Waals surface area contributed by atoms with Crippen LogP contribution in [0.3, 0.4) is 0 Å². The van der Waals surface area contributed by atoms with E-state index in [9.17, 15) is 9.59 Å². The molecule has 2 heterocycles. The van der Waals surface area contributed by atoms with Gasteiger partial charge in [-0.15, -0.1) is 34.0 Å². The van der Waals surface area contributed by atoms with Crippen LogP contribution in [-0.4, -0.2) is 60.1 Å². The molecule has 0 spiro atoms. The summed E-state index contributed by atoms with van der Waals surface area (Å²) in [5.74, 6) is 1.06. The topological polar surface area (TPSA) is 84.9 Å². The summed E-state index contributed by atoms with van der Waals surface area (Å²) in [7, 11) is 6.62.